The second-order valence-corrected chi connectivity index (χ2v) is 11.7. The standard InChI is InChI=1S/C35H38O4/c1-22(30-7-3-4-8-31(30)23(2)36)17-25-13-16-27-20-29(21-28(27)18-25)26-14-11-24(12-15-26)19-34(37)32-9-5-6-10-33(32)35(38)39/h3-10,13,16,18,22,24,26,29,36H,2,11-12,14-15,17,19-21H2,1H3,(H,38,39). The maximum Gasteiger partial charge on any atom is 0.336 e. The second-order valence-electron chi connectivity index (χ2n) is 11.7. The Bertz CT molecular complexity index is 1380. The van der Waals surface area contributed by atoms with Crippen LogP contribution in [0.25, 0.3) is 5.76 Å². The number of carboxylic acid groups (broad SMARTS) is 1. The molecule has 0 bridgehead atoms. The zero-order valence-corrected chi connectivity index (χ0v) is 22.7. The molecule has 39 heavy (non-hydrogen) atoms. The van der Waals surface area contributed by atoms with Gasteiger partial charge in [-0.2, -0.15) is 0 Å². The van der Waals surface area contributed by atoms with Gasteiger partial charge in [0, 0.05) is 17.5 Å². The first-order valence-corrected chi connectivity index (χ1v) is 14.2. The van der Waals surface area contributed by atoms with E-state index in [1.54, 1.807) is 18.2 Å². The molecule has 0 aromatic heterocycles. The van der Waals surface area contributed by atoms with Crippen LogP contribution in [0.1, 0.15) is 93.5 Å². The quantitative estimate of drug-likeness (QED) is 0.220. The van der Waals surface area contributed by atoms with Crippen LogP contribution < -0.4 is 0 Å². The van der Waals surface area contributed by atoms with Crippen LogP contribution in [0.4, 0.5) is 0 Å². The van der Waals surface area contributed by atoms with Gasteiger partial charge in [0.15, 0.2) is 5.78 Å². The molecule has 1 saturated carbocycles. The van der Waals surface area contributed by atoms with Crippen molar-refractivity contribution in [1.29, 1.82) is 0 Å². The Balaban J connectivity index is 1.16. The van der Waals surface area contributed by atoms with Crippen LogP contribution in [0.3, 0.4) is 0 Å². The molecule has 2 atom stereocenters. The van der Waals surface area contributed by atoms with Crippen molar-refractivity contribution >= 4 is 17.5 Å². The first kappa shape index (κ1) is 26.9. The van der Waals surface area contributed by atoms with Crippen LogP contribution in [0.5, 0.6) is 0 Å². The minimum absolute atomic E-state index is 0.0441. The molecular weight excluding hydrogens is 484 g/mol. The Hall–Kier alpha value is -3.66. The lowest BCUT2D eigenvalue weighted by Gasteiger charge is -2.32. The summed E-state index contributed by atoms with van der Waals surface area (Å²) in [4.78, 5) is 24.4. The van der Waals surface area contributed by atoms with Crippen molar-refractivity contribution in [2.75, 3.05) is 0 Å². The number of fused-ring (bicyclic) bond motifs is 1. The molecule has 2 aliphatic rings. The van der Waals surface area contributed by atoms with E-state index in [0.717, 1.165) is 56.1 Å². The molecule has 4 nitrogen and oxygen atoms in total. The fourth-order valence-corrected chi connectivity index (χ4v) is 6.97. The average Bonchev–Trinajstić information content (AvgIpc) is 3.37. The number of carbonyl (C=O) groups excluding carboxylic acids is 1. The summed E-state index contributed by atoms with van der Waals surface area (Å²) in [5.41, 5.74) is 6.70. The summed E-state index contributed by atoms with van der Waals surface area (Å²) >= 11 is 0. The fraction of sp³-hybridized carbons (Fsp3) is 0.371. The molecule has 2 aliphatic carbocycles. The van der Waals surface area contributed by atoms with Crippen molar-refractivity contribution in [3.8, 4) is 0 Å². The molecule has 0 heterocycles. The van der Waals surface area contributed by atoms with Gasteiger partial charge in [-0.05, 0) is 96.9 Å². The summed E-state index contributed by atoms with van der Waals surface area (Å²) in [6.07, 6.45) is 7.99. The van der Waals surface area contributed by atoms with Crippen molar-refractivity contribution in [3.05, 3.63) is 112 Å². The third-order valence-corrected chi connectivity index (χ3v) is 9.07. The van der Waals surface area contributed by atoms with Gasteiger partial charge < -0.3 is 10.2 Å². The monoisotopic (exact) mass is 522 g/mol. The van der Waals surface area contributed by atoms with E-state index in [9.17, 15) is 19.8 Å². The topological polar surface area (TPSA) is 74.6 Å². The number of aliphatic hydroxyl groups is 1. The fourth-order valence-electron chi connectivity index (χ4n) is 6.97. The van der Waals surface area contributed by atoms with Crippen LogP contribution in [-0.4, -0.2) is 22.0 Å². The van der Waals surface area contributed by atoms with Crippen LogP contribution in [0, 0.1) is 17.8 Å². The van der Waals surface area contributed by atoms with E-state index >= 15 is 0 Å². The van der Waals surface area contributed by atoms with Crippen LogP contribution in [-0.2, 0) is 19.3 Å². The van der Waals surface area contributed by atoms with Crippen molar-refractivity contribution < 1.29 is 19.8 Å². The Morgan fingerprint density at radius 3 is 2.15 bits per heavy atom. The molecule has 0 radical (unpaired) electrons. The van der Waals surface area contributed by atoms with E-state index in [4.69, 9.17) is 0 Å². The molecule has 2 N–H and O–H groups in total. The highest BCUT2D eigenvalue weighted by Gasteiger charge is 2.33. The van der Waals surface area contributed by atoms with Gasteiger partial charge >= 0.3 is 5.97 Å². The summed E-state index contributed by atoms with van der Waals surface area (Å²) in [7, 11) is 0. The molecule has 4 heteroatoms. The lowest BCUT2D eigenvalue weighted by atomic mass is 9.73. The maximum atomic E-state index is 12.9. The van der Waals surface area contributed by atoms with Crippen molar-refractivity contribution in [2.45, 2.75) is 64.2 Å². The summed E-state index contributed by atoms with van der Waals surface area (Å²) in [6, 6.07) is 21.5. The number of aliphatic hydroxyl groups excluding tert-OH is 1. The number of hydrogen-bond acceptors (Lipinski definition) is 3. The summed E-state index contributed by atoms with van der Waals surface area (Å²) in [6.45, 7) is 5.94. The van der Waals surface area contributed by atoms with Gasteiger partial charge in [0.2, 0.25) is 0 Å². The van der Waals surface area contributed by atoms with Gasteiger partial charge in [0.25, 0.3) is 0 Å². The molecular formula is C35H38O4. The highest BCUT2D eigenvalue weighted by Crippen LogP contribution is 2.42. The first-order chi connectivity index (χ1) is 18.8. The number of Topliss-reactive ketones (excluding diaryl/α,β-unsaturated/α-hetero) is 1. The van der Waals surface area contributed by atoms with Crippen LogP contribution in [0.2, 0.25) is 0 Å². The number of aromatic carboxylic acids is 1. The molecule has 1 fully saturated rings. The van der Waals surface area contributed by atoms with Crippen molar-refractivity contribution in [3.63, 3.8) is 0 Å². The van der Waals surface area contributed by atoms with E-state index in [1.807, 2.05) is 18.2 Å². The molecule has 2 unspecified atom stereocenters. The summed E-state index contributed by atoms with van der Waals surface area (Å²) in [5, 5.41) is 19.4. The van der Waals surface area contributed by atoms with E-state index < -0.39 is 5.97 Å². The minimum Gasteiger partial charge on any atom is -0.508 e. The second kappa shape index (κ2) is 11.6. The van der Waals surface area contributed by atoms with E-state index in [1.165, 1.54) is 22.8 Å². The van der Waals surface area contributed by atoms with Gasteiger partial charge in [-0.25, -0.2) is 4.79 Å². The third-order valence-electron chi connectivity index (χ3n) is 9.07. The van der Waals surface area contributed by atoms with E-state index in [0.29, 0.717) is 29.7 Å². The number of rotatable bonds is 9. The normalized spacial score (nSPS) is 21.2. The Kier molecular flexibility index (Phi) is 8.02. The predicted molar refractivity (Wildman–Crippen MR) is 155 cm³/mol. The molecule has 3 aromatic carbocycles. The van der Waals surface area contributed by atoms with Crippen LogP contribution in [0.15, 0.2) is 73.3 Å². The third kappa shape index (κ3) is 6.00. The zero-order valence-electron chi connectivity index (χ0n) is 22.7. The summed E-state index contributed by atoms with van der Waals surface area (Å²) < 4.78 is 0. The van der Waals surface area contributed by atoms with Crippen molar-refractivity contribution in [1.82, 2.24) is 0 Å². The molecule has 5 rings (SSSR count). The van der Waals surface area contributed by atoms with Gasteiger partial charge in [0.05, 0.1) is 5.56 Å². The van der Waals surface area contributed by atoms with E-state index in [2.05, 4.69) is 37.8 Å². The lowest BCUT2D eigenvalue weighted by molar-refractivity contribution is 0.0690. The number of carbonyl (C=O) groups is 2. The average molecular weight is 523 g/mol. The minimum atomic E-state index is -1.04. The van der Waals surface area contributed by atoms with Gasteiger partial charge in [0.1, 0.15) is 5.76 Å². The highest BCUT2D eigenvalue weighted by molar-refractivity contribution is 6.05. The van der Waals surface area contributed by atoms with Gasteiger partial charge in [-0.3, -0.25) is 4.79 Å². The van der Waals surface area contributed by atoms with Crippen LogP contribution >= 0.6 is 0 Å². The molecule has 0 saturated heterocycles. The van der Waals surface area contributed by atoms with Gasteiger partial charge in [-0.15, -0.1) is 0 Å². The molecule has 3 aromatic rings. The number of hydrogen-bond donors (Lipinski definition) is 2. The lowest BCUT2D eigenvalue weighted by Crippen LogP contribution is -2.24. The summed E-state index contributed by atoms with van der Waals surface area (Å²) in [5.74, 6) is 0.999. The number of ketones is 1. The Morgan fingerprint density at radius 1 is 0.821 bits per heavy atom. The molecule has 0 spiro atoms. The largest absolute Gasteiger partial charge is 0.508 e. The number of benzene rings is 3. The molecule has 0 amide bonds. The zero-order chi connectivity index (χ0) is 27.5. The molecule has 202 valence electrons. The maximum absolute atomic E-state index is 12.9. The number of carboxylic acids is 1. The van der Waals surface area contributed by atoms with Crippen molar-refractivity contribution in [2.24, 2.45) is 17.8 Å². The Labute approximate surface area is 231 Å². The van der Waals surface area contributed by atoms with E-state index in [-0.39, 0.29) is 23.0 Å². The Morgan fingerprint density at radius 2 is 1.46 bits per heavy atom. The highest BCUT2D eigenvalue weighted by atomic mass is 16.4. The molecule has 0 aliphatic heterocycles. The first-order valence-electron chi connectivity index (χ1n) is 14.2. The smallest absolute Gasteiger partial charge is 0.336 e. The van der Waals surface area contributed by atoms with Gasteiger partial charge in [-0.1, -0.05) is 74.2 Å². The predicted octanol–water partition coefficient (Wildman–Crippen LogP) is 8.05. The SMILES string of the molecule is C=C(O)c1ccccc1C(C)Cc1ccc2c(c1)CC(C1CCC(CC(=O)c3ccccc3C(=O)O)CC1)C2.